The maximum Gasteiger partial charge on any atom is 0.306 e. The third kappa shape index (κ3) is 7.75. The van der Waals surface area contributed by atoms with Crippen LogP contribution in [-0.2, 0) is 48.0 Å². The number of esters is 1. The van der Waals surface area contributed by atoms with Crippen LogP contribution in [0.4, 0.5) is 13.2 Å². The van der Waals surface area contributed by atoms with E-state index in [1.165, 1.54) is 54.9 Å². The summed E-state index contributed by atoms with van der Waals surface area (Å²) in [5, 5.41) is 0.122. The Bertz CT molecular complexity index is 2520. The number of nitrogens with one attached hydrogen (secondary N) is 1. The van der Waals surface area contributed by atoms with Crippen molar-refractivity contribution < 1.29 is 44.3 Å². The summed E-state index contributed by atoms with van der Waals surface area (Å²) in [4.78, 5) is 18.9. The molecule has 0 unspecified atom stereocenters. The Balaban J connectivity index is 1.31. The molecule has 52 heavy (non-hydrogen) atoms. The maximum atomic E-state index is 15.9. The van der Waals surface area contributed by atoms with E-state index in [1.807, 2.05) is 0 Å². The third-order valence-electron chi connectivity index (χ3n) is 8.16. The molecule has 0 spiro atoms. The quantitative estimate of drug-likeness (QED) is 0.123. The van der Waals surface area contributed by atoms with Crippen LogP contribution in [-0.4, -0.2) is 49.6 Å². The standard InChI is InChI=1S/C37H32F3N3O7S2/c1-3-49-34(44)15-12-23-8-7-9-24(35(23)40)18-25-21-41-37(42-25)29-19-26(13-14-31(29)38)50-36-30(22-51(2,45)46)28-16-17-43(33(28)20-32(36)39)52(47,48)27-10-5-4-6-11-27/h4-11,13-14,16-17,19-21H,3,12,15,18,22H2,1-2H3,(H,41,42). The monoisotopic (exact) mass is 751 g/mol. The molecule has 270 valence electrons. The predicted molar refractivity (Wildman–Crippen MR) is 188 cm³/mol. The Hall–Kier alpha value is -5.41. The molecular formula is C37H32F3N3O7S2. The number of nitrogens with zero attached hydrogens (tertiary/aromatic N) is 2. The lowest BCUT2D eigenvalue weighted by Gasteiger charge is -2.15. The first-order chi connectivity index (χ1) is 24.7. The van der Waals surface area contributed by atoms with Crippen molar-refractivity contribution in [3.63, 3.8) is 0 Å². The molecule has 0 bridgehead atoms. The summed E-state index contributed by atoms with van der Waals surface area (Å²) in [5.74, 6) is -3.86. The fraction of sp³-hybridized carbons (Fsp3) is 0.189. The number of hydrogen-bond acceptors (Lipinski definition) is 8. The summed E-state index contributed by atoms with van der Waals surface area (Å²) < 4.78 is 110. The molecule has 15 heteroatoms. The number of rotatable bonds is 13. The lowest BCUT2D eigenvalue weighted by molar-refractivity contribution is -0.143. The number of halogens is 3. The van der Waals surface area contributed by atoms with Crippen LogP contribution >= 0.6 is 0 Å². The van der Waals surface area contributed by atoms with Crippen LogP contribution in [0.15, 0.2) is 96.2 Å². The zero-order chi connectivity index (χ0) is 37.2. The zero-order valence-corrected chi connectivity index (χ0v) is 29.5. The number of benzene rings is 4. The average molecular weight is 752 g/mol. The van der Waals surface area contributed by atoms with Crippen LogP contribution in [0.1, 0.15) is 35.7 Å². The van der Waals surface area contributed by atoms with Crippen molar-refractivity contribution in [3.05, 3.63) is 131 Å². The van der Waals surface area contributed by atoms with Gasteiger partial charge < -0.3 is 14.5 Å². The van der Waals surface area contributed by atoms with Gasteiger partial charge in [-0.25, -0.2) is 39.0 Å². The Morgan fingerprint density at radius 2 is 1.65 bits per heavy atom. The molecule has 10 nitrogen and oxygen atoms in total. The summed E-state index contributed by atoms with van der Waals surface area (Å²) >= 11 is 0. The van der Waals surface area contributed by atoms with Gasteiger partial charge in [-0.15, -0.1) is 0 Å². The molecule has 0 aliphatic rings. The number of H-pyrrole nitrogens is 1. The predicted octanol–water partition coefficient (Wildman–Crippen LogP) is 7.11. The van der Waals surface area contributed by atoms with E-state index in [4.69, 9.17) is 9.47 Å². The average Bonchev–Trinajstić information content (AvgIpc) is 3.75. The number of aryl methyl sites for hydroxylation is 1. The molecule has 0 aliphatic heterocycles. The summed E-state index contributed by atoms with van der Waals surface area (Å²) in [5.41, 5.74) is 0.816. The van der Waals surface area contributed by atoms with E-state index in [0.717, 1.165) is 22.4 Å². The molecule has 0 atom stereocenters. The van der Waals surface area contributed by atoms with Gasteiger partial charge in [0.25, 0.3) is 10.0 Å². The van der Waals surface area contributed by atoms with Gasteiger partial charge in [0.05, 0.1) is 28.3 Å². The number of aromatic amines is 1. The number of carbonyl (C=O) groups is 1. The van der Waals surface area contributed by atoms with Gasteiger partial charge in [0, 0.05) is 54.2 Å². The van der Waals surface area contributed by atoms with E-state index in [1.54, 1.807) is 31.2 Å². The molecule has 2 aromatic heterocycles. The Kier molecular flexibility index (Phi) is 10.3. The van der Waals surface area contributed by atoms with E-state index < -0.39 is 54.8 Å². The van der Waals surface area contributed by atoms with Crippen molar-refractivity contribution in [2.45, 2.75) is 36.8 Å². The molecule has 0 fully saturated rings. The van der Waals surface area contributed by atoms with Gasteiger partial charge in [-0.2, -0.15) is 0 Å². The molecule has 0 amide bonds. The van der Waals surface area contributed by atoms with Gasteiger partial charge in [0.2, 0.25) is 0 Å². The van der Waals surface area contributed by atoms with E-state index in [9.17, 15) is 21.6 Å². The minimum atomic E-state index is -4.17. The molecule has 6 rings (SSSR count). The summed E-state index contributed by atoms with van der Waals surface area (Å²) in [6, 6.07) is 18.2. The number of imidazole rings is 1. The molecule has 0 saturated heterocycles. The zero-order valence-electron chi connectivity index (χ0n) is 27.9. The SMILES string of the molecule is CCOC(=O)CCc1cccc(Cc2cnc(-c3cc(Oc4c(F)cc5c(ccn5S(=O)(=O)c5ccccc5)c4CS(C)(=O)=O)ccc3F)[nH]2)c1F. The number of ether oxygens (including phenoxy) is 2. The van der Waals surface area contributed by atoms with E-state index in [0.29, 0.717) is 16.8 Å². The third-order valence-corrected chi connectivity index (χ3v) is 10.7. The smallest absolute Gasteiger partial charge is 0.306 e. The van der Waals surface area contributed by atoms with Crippen molar-refractivity contribution in [2.75, 3.05) is 12.9 Å². The second kappa shape index (κ2) is 14.7. The fourth-order valence-corrected chi connectivity index (χ4v) is 7.97. The minimum absolute atomic E-state index is 0.0243. The van der Waals surface area contributed by atoms with Crippen molar-refractivity contribution in [1.29, 1.82) is 0 Å². The minimum Gasteiger partial charge on any atom is -0.466 e. The normalized spacial score (nSPS) is 11.9. The van der Waals surface area contributed by atoms with Gasteiger partial charge in [-0.3, -0.25) is 4.79 Å². The summed E-state index contributed by atoms with van der Waals surface area (Å²) in [7, 11) is -7.98. The highest BCUT2D eigenvalue weighted by molar-refractivity contribution is 7.90. The van der Waals surface area contributed by atoms with E-state index in [-0.39, 0.29) is 64.4 Å². The highest BCUT2D eigenvalue weighted by atomic mass is 32.2. The molecule has 0 saturated carbocycles. The molecule has 1 N–H and O–H groups in total. The number of fused-ring (bicyclic) bond motifs is 1. The van der Waals surface area contributed by atoms with Gasteiger partial charge in [-0.05, 0) is 60.9 Å². The number of hydrogen-bond donors (Lipinski definition) is 1. The van der Waals surface area contributed by atoms with Crippen molar-refractivity contribution in [3.8, 4) is 22.9 Å². The van der Waals surface area contributed by atoms with Crippen LogP contribution in [0.2, 0.25) is 0 Å². The second-order valence-corrected chi connectivity index (χ2v) is 15.9. The van der Waals surface area contributed by atoms with Crippen molar-refractivity contribution in [1.82, 2.24) is 13.9 Å². The van der Waals surface area contributed by atoms with Crippen molar-refractivity contribution in [2.24, 2.45) is 0 Å². The van der Waals surface area contributed by atoms with Crippen LogP contribution in [0.25, 0.3) is 22.3 Å². The number of aromatic nitrogens is 3. The largest absolute Gasteiger partial charge is 0.466 e. The second-order valence-electron chi connectivity index (χ2n) is 12.0. The first kappa shape index (κ1) is 36.4. The lowest BCUT2D eigenvalue weighted by Crippen LogP contribution is -2.12. The topological polar surface area (TPSA) is 137 Å². The fourth-order valence-electron chi connectivity index (χ4n) is 5.80. The number of sulfone groups is 1. The van der Waals surface area contributed by atoms with Gasteiger partial charge in [-0.1, -0.05) is 36.4 Å². The lowest BCUT2D eigenvalue weighted by atomic mass is 10.0. The summed E-state index contributed by atoms with van der Waals surface area (Å²) in [6.07, 6.45) is 3.82. The number of carbonyl (C=O) groups excluding carboxylic acids is 1. The van der Waals surface area contributed by atoms with Crippen LogP contribution in [0.3, 0.4) is 0 Å². The highest BCUT2D eigenvalue weighted by Crippen LogP contribution is 2.38. The van der Waals surface area contributed by atoms with Crippen LogP contribution < -0.4 is 4.74 Å². The van der Waals surface area contributed by atoms with E-state index in [2.05, 4.69) is 9.97 Å². The Labute approximate surface area is 297 Å². The first-order valence-corrected chi connectivity index (χ1v) is 19.5. The molecule has 2 heterocycles. The van der Waals surface area contributed by atoms with Crippen LogP contribution in [0, 0.1) is 17.5 Å². The highest BCUT2D eigenvalue weighted by Gasteiger charge is 2.26. The molecule has 0 aliphatic carbocycles. The maximum absolute atomic E-state index is 15.9. The molecular weight excluding hydrogens is 720 g/mol. The molecule has 0 radical (unpaired) electrons. The molecule has 6 aromatic rings. The van der Waals surface area contributed by atoms with Gasteiger partial charge >= 0.3 is 5.97 Å². The Morgan fingerprint density at radius 1 is 0.904 bits per heavy atom. The summed E-state index contributed by atoms with van der Waals surface area (Å²) in [6.45, 7) is 1.92. The Morgan fingerprint density at radius 3 is 2.38 bits per heavy atom. The van der Waals surface area contributed by atoms with Crippen molar-refractivity contribution >= 4 is 36.7 Å². The van der Waals surface area contributed by atoms with E-state index >= 15 is 13.2 Å². The van der Waals surface area contributed by atoms with Gasteiger partial charge in [0.15, 0.2) is 21.4 Å². The first-order valence-electron chi connectivity index (χ1n) is 16.0. The van der Waals surface area contributed by atoms with Crippen LogP contribution in [0.5, 0.6) is 11.5 Å². The van der Waals surface area contributed by atoms with Gasteiger partial charge in [0.1, 0.15) is 23.2 Å². The molecule has 4 aromatic carbocycles.